The second kappa shape index (κ2) is 10.6. The zero-order valence-electron chi connectivity index (χ0n) is 25.2. The van der Waals surface area contributed by atoms with Crippen LogP contribution in [0.1, 0.15) is 38.2 Å². The first kappa shape index (κ1) is 28.6. The van der Waals surface area contributed by atoms with Gasteiger partial charge in [0.15, 0.2) is 5.82 Å². The molecule has 0 unspecified atom stereocenters. The van der Waals surface area contributed by atoms with E-state index in [4.69, 9.17) is 19.2 Å². The molecule has 6 heterocycles. The Morgan fingerprint density at radius 1 is 1.13 bits per heavy atom. The number of fused-ring (bicyclic) bond motifs is 4. The minimum Gasteiger partial charge on any atom is -0.508 e. The van der Waals surface area contributed by atoms with Crippen LogP contribution < -0.4 is 14.4 Å². The van der Waals surface area contributed by atoms with Gasteiger partial charge in [-0.25, -0.2) is 18.2 Å². The highest BCUT2D eigenvalue weighted by atomic mass is 19.1. The van der Waals surface area contributed by atoms with E-state index in [9.17, 15) is 13.9 Å². The van der Waals surface area contributed by atoms with E-state index in [1.54, 1.807) is 13.0 Å². The summed E-state index contributed by atoms with van der Waals surface area (Å²) in [6, 6.07) is 5.45. The molecule has 2 aromatic carbocycles. The Balaban J connectivity index is 1.34. The lowest BCUT2D eigenvalue weighted by Crippen LogP contribution is -2.45. The summed E-state index contributed by atoms with van der Waals surface area (Å²) in [6.45, 7) is 6.20. The summed E-state index contributed by atoms with van der Waals surface area (Å²) < 4.78 is 64.6. The van der Waals surface area contributed by atoms with E-state index in [0.717, 1.165) is 19.4 Å². The minimum atomic E-state index is -0.925. The number of hydrogen-bond acceptors (Lipinski definition) is 9. The number of alkyl halides is 1. The summed E-state index contributed by atoms with van der Waals surface area (Å²) in [5.74, 6) is -0.774. The van der Waals surface area contributed by atoms with Crippen molar-refractivity contribution in [1.29, 1.82) is 0 Å². The molecule has 4 aliphatic heterocycles. The Hall–Kier alpha value is -3.90. The van der Waals surface area contributed by atoms with E-state index in [1.807, 2.05) is 6.92 Å². The van der Waals surface area contributed by atoms with Gasteiger partial charge in [0.05, 0.1) is 24.2 Å². The number of aromatic nitrogens is 3. The molecule has 0 spiro atoms. The Morgan fingerprint density at radius 3 is 2.87 bits per heavy atom. The van der Waals surface area contributed by atoms with Gasteiger partial charge in [0, 0.05) is 25.1 Å². The number of rotatable bonds is 4. The first-order valence-electron chi connectivity index (χ1n) is 15.6. The predicted molar refractivity (Wildman–Crippen MR) is 162 cm³/mol. The quantitative estimate of drug-likeness (QED) is 0.319. The molecule has 12 heteroatoms. The summed E-state index contributed by atoms with van der Waals surface area (Å²) >= 11 is 0. The fraction of sp³-hybridized carbons (Fsp3) is 0.485. The summed E-state index contributed by atoms with van der Waals surface area (Å²) in [5, 5.41) is 11.9. The lowest BCUT2D eigenvalue weighted by molar-refractivity contribution is 0.107. The number of halogens is 3. The maximum absolute atomic E-state index is 16.9. The third kappa shape index (κ3) is 4.55. The van der Waals surface area contributed by atoms with Gasteiger partial charge in [0.25, 0.3) is 0 Å². The number of benzene rings is 2. The van der Waals surface area contributed by atoms with Crippen LogP contribution in [0.4, 0.5) is 19.0 Å². The van der Waals surface area contributed by atoms with E-state index >= 15 is 4.39 Å². The molecule has 2 aromatic heterocycles. The Labute approximate surface area is 257 Å². The van der Waals surface area contributed by atoms with Crippen LogP contribution in [0.2, 0.25) is 0 Å². The van der Waals surface area contributed by atoms with E-state index in [-0.39, 0.29) is 59.7 Å². The summed E-state index contributed by atoms with van der Waals surface area (Å²) in [4.78, 5) is 18.3. The molecule has 45 heavy (non-hydrogen) atoms. The Morgan fingerprint density at radius 2 is 2.00 bits per heavy atom. The largest absolute Gasteiger partial charge is 0.508 e. The third-order valence-electron chi connectivity index (χ3n) is 9.97. The Bertz CT molecular complexity index is 1840. The zero-order valence-corrected chi connectivity index (χ0v) is 25.2. The normalized spacial score (nSPS) is 26.4. The van der Waals surface area contributed by atoms with Gasteiger partial charge in [-0.1, -0.05) is 6.07 Å². The van der Waals surface area contributed by atoms with Gasteiger partial charge < -0.3 is 24.2 Å². The van der Waals surface area contributed by atoms with E-state index in [1.165, 1.54) is 18.2 Å². The maximum Gasteiger partial charge on any atom is 0.319 e. The van der Waals surface area contributed by atoms with Crippen molar-refractivity contribution in [2.45, 2.75) is 63.3 Å². The number of anilines is 1. The van der Waals surface area contributed by atoms with Gasteiger partial charge in [-0.05, 0) is 74.2 Å². The number of phenolic OH excluding ortho intramolecular Hbond substituents is 1. The van der Waals surface area contributed by atoms with Crippen LogP contribution in [-0.2, 0) is 4.74 Å². The average Bonchev–Trinajstić information content (AvgIpc) is 3.40. The molecule has 236 valence electrons. The number of hydrogen-bond donors (Lipinski definition) is 1. The average molecular weight is 622 g/mol. The standard InChI is InChI=1S/C33H34F3N5O4/c1-17-14-43-9-6-21-15-44-31-26-29(27(36)28(37-31)23-11-22(42)10-19-4-5-24(35)18(2)25(19)23)38-32(39-30(26)41(17)21)45-16-33-7-3-8-40(33)13-20(34)12-33/h4-5,10-11,17,20-21,42H,3,6-9,12-16H2,1-2H3/t17-,20+,21-,33-/m0/s1. The summed E-state index contributed by atoms with van der Waals surface area (Å²) in [6.07, 6.45) is 1.86. The summed E-state index contributed by atoms with van der Waals surface area (Å²) in [5.41, 5.74) is -0.128. The van der Waals surface area contributed by atoms with Gasteiger partial charge >= 0.3 is 6.01 Å². The molecule has 9 nitrogen and oxygen atoms in total. The number of phenols is 1. The number of aryl methyl sites for hydroxylation is 1. The molecule has 0 bridgehead atoms. The van der Waals surface area contributed by atoms with Crippen LogP contribution >= 0.6 is 0 Å². The molecule has 3 saturated heterocycles. The monoisotopic (exact) mass is 621 g/mol. The van der Waals surface area contributed by atoms with Crippen LogP contribution in [0, 0.1) is 18.6 Å². The van der Waals surface area contributed by atoms with Crippen molar-refractivity contribution >= 4 is 27.5 Å². The first-order valence-corrected chi connectivity index (χ1v) is 15.6. The van der Waals surface area contributed by atoms with E-state index < -0.39 is 23.3 Å². The van der Waals surface area contributed by atoms with Crippen molar-refractivity contribution in [3.63, 3.8) is 0 Å². The van der Waals surface area contributed by atoms with Crippen LogP contribution in [-0.4, -0.2) is 88.3 Å². The zero-order chi connectivity index (χ0) is 31.0. The fourth-order valence-electron chi connectivity index (χ4n) is 7.85. The molecule has 8 rings (SSSR count). The third-order valence-corrected chi connectivity index (χ3v) is 9.97. The second-order valence-electron chi connectivity index (χ2n) is 12.8. The Kier molecular flexibility index (Phi) is 6.72. The van der Waals surface area contributed by atoms with Gasteiger partial charge in [-0.2, -0.15) is 9.97 Å². The fourth-order valence-corrected chi connectivity index (χ4v) is 7.85. The first-order chi connectivity index (χ1) is 21.7. The molecule has 0 aliphatic carbocycles. The van der Waals surface area contributed by atoms with Gasteiger partial charge in [-0.15, -0.1) is 0 Å². The lowest BCUT2D eigenvalue weighted by Gasteiger charge is -2.34. The van der Waals surface area contributed by atoms with Crippen molar-refractivity contribution < 1.29 is 32.5 Å². The number of pyridine rings is 1. The molecule has 4 aliphatic rings. The highest BCUT2D eigenvalue weighted by molar-refractivity contribution is 6.03. The molecule has 3 fully saturated rings. The van der Waals surface area contributed by atoms with Gasteiger partial charge in [-0.3, -0.25) is 4.90 Å². The van der Waals surface area contributed by atoms with Crippen LogP contribution in [0.3, 0.4) is 0 Å². The lowest BCUT2D eigenvalue weighted by atomic mass is 9.95. The molecule has 1 N–H and O–H groups in total. The molecule has 0 saturated carbocycles. The van der Waals surface area contributed by atoms with Crippen LogP contribution in [0.15, 0.2) is 24.3 Å². The van der Waals surface area contributed by atoms with Crippen LogP contribution in [0.5, 0.6) is 17.6 Å². The van der Waals surface area contributed by atoms with Crippen molar-refractivity contribution in [2.24, 2.45) is 0 Å². The number of ether oxygens (including phenoxy) is 3. The second-order valence-corrected chi connectivity index (χ2v) is 12.8. The smallest absolute Gasteiger partial charge is 0.319 e. The number of nitrogens with zero attached hydrogens (tertiary/aromatic N) is 5. The predicted octanol–water partition coefficient (Wildman–Crippen LogP) is 5.47. The van der Waals surface area contributed by atoms with Crippen molar-refractivity contribution in [1.82, 2.24) is 19.9 Å². The highest BCUT2D eigenvalue weighted by Gasteiger charge is 2.49. The maximum atomic E-state index is 16.9. The van der Waals surface area contributed by atoms with Crippen molar-refractivity contribution in [3.05, 3.63) is 41.5 Å². The molecular weight excluding hydrogens is 587 g/mol. The van der Waals surface area contributed by atoms with E-state index in [2.05, 4.69) is 19.8 Å². The molecule has 0 radical (unpaired) electrons. The highest BCUT2D eigenvalue weighted by Crippen LogP contribution is 2.45. The van der Waals surface area contributed by atoms with Crippen molar-refractivity contribution in [3.8, 4) is 28.9 Å². The van der Waals surface area contributed by atoms with Crippen molar-refractivity contribution in [2.75, 3.05) is 44.4 Å². The molecule has 4 aromatic rings. The molecule has 4 atom stereocenters. The van der Waals surface area contributed by atoms with Crippen LogP contribution in [0.25, 0.3) is 32.9 Å². The minimum absolute atomic E-state index is 0.0240. The van der Waals surface area contributed by atoms with Gasteiger partial charge in [0.2, 0.25) is 5.88 Å². The van der Waals surface area contributed by atoms with Gasteiger partial charge in [0.1, 0.15) is 53.4 Å². The topological polar surface area (TPSA) is 93.1 Å². The SMILES string of the molecule is Cc1c(F)ccc2cc(O)cc(-c3nc4c5c(nc(OC[C@@]67CCCN6C[C@H](F)C7)nc5c3F)N3[C@@H](CCOC[C@@H]3C)CO4)c12. The summed E-state index contributed by atoms with van der Waals surface area (Å²) in [7, 11) is 0. The van der Waals surface area contributed by atoms with E-state index in [0.29, 0.717) is 60.1 Å². The number of aromatic hydroxyl groups is 1. The molecule has 0 amide bonds. The molecular formula is C33H34F3N5O4.